The van der Waals surface area contributed by atoms with Crippen LogP contribution in [0.15, 0.2) is 12.2 Å². The Hall–Kier alpha value is -0.350. The van der Waals surface area contributed by atoms with Crippen molar-refractivity contribution in [3.63, 3.8) is 0 Å². The maximum atomic E-state index is 10.4. The molecule has 0 N–H and O–H groups in total. The van der Waals surface area contributed by atoms with Gasteiger partial charge in [-0.15, -0.1) is 0 Å². The second-order valence-corrected chi connectivity index (χ2v) is 7.37. The van der Waals surface area contributed by atoms with Crippen molar-refractivity contribution in [2.45, 2.75) is 90.4 Å². The summed E-state index contributed by atoms with van der Waals surface area (Å²) in [5.74, 6) is -0.198. The first kappa shape index (κ1) is 20.6. The molecule has 0 aliphatic carbocycles. The molecule has 0 rings (SSSR count). The predicted octanol–water partition coefficient (Wildman–Crippen LogP) is 5.18. The Morgan fingerprint density at radius 2 is 1.14 bits per heavy atom. The van der Waals surface area contributed by atoms with Crippen molar-refractivity contribution in [3.05, 3.63) is 12.2 Å². The zero-order chi connectivity index (χ0) is 15.8. The Morgan fingerprint density at radius 3 is 1.62 bits per heavy atom. The highest BCUT2D eigenvalue weighted by Gasteiger charge is 1.95. The fourth-order valence-corrected chi connectivity index (χ4v) is 2.91. The summed E-state index contributed by atoms with van der Waals surface area (Å²) in [5, 5.41) is 0. The SMILES string of the molecule is CCCCCC/C=C\CCCCCCCCCS(=O)(=O)[O-]. The van der Waals surface area contributed by atoms with Crippen molar-refractivity contribution in [1.82, 2.24) is 0 Å². The second-order valence-electron chi connectivity index (χ2n) is 5.85. The quantitative estimate of drug-likeness (QED) is 0.237. The molecule has 0 aromatic heterocycles. The van der Waals surface area contributed by atoms with E-state index in [9.17, 15) is 13.0 Å². The van der Waals surface area contributed by atoms with Gasteiger partial charge in [0, 0.05) is 5.75 Å². The molecule has 0 amide bonds. The Balaban J connectivity index is 3.13. The average molecular weight is 318 g/mol. The molecular weight excluding hydrogens is 284 g/mol. The first-order chi connectivity index (χ1) is 10.1. The van der Waals surface area contributed by atoms with Crippen LogP contribution in [0.25, 0.3) is 0 Å². The molecule has 0 aliphatic heterocycles. The summed E-state index contributed by atoms with van der Waals surface area (Å²) in [5.41, 5.74) is 0. The number of unbranched alkanes of at least 4 members (excludes halogenated alkanes) is 11. The summed E-state index contributed by atoms with van der Waals surface area (Å²) in [4.78, 5) is 0. The average Bonchev–Trinajstić information content (AvgIpc) is 2.42. The van der Waals surface area contributed by atoms with E-state index in [1.54, 1.807) is 0 Å². The molecule has 3 nitrogen and oxygen atoms in total. The van der Waals surface area contributed by atoms with Crippen LogP contribution in [0, 0.1) is 0 Å². The molecule has 21 heavy (non-hydrogen) atoms. The molecule has 0 heterocycles. The third kappa shape index (κ3) is 19.6. The van der Waals surface area contributed by atoms with Gasteiger partial charge in [0.05, 0.1) is 10.1 Å². The van der Waals surface area contributed by atoms with Gasteiger partial charge >= 0.3 is 0 Å². The van der Waals surface area contributed by atoms with Crippen molar-refractivity contribution in [2.24, 2.45) is 0 Å². The molecule has 0 saturated carbocycles. The highest BCUT2D eigenvalue weighted by atomic mass is 32.2. The predicted molar refractivity (Wildman–Crippen MR) is 89.4 cm³/mol. The van der Waals surface area contributed by atoms with Crippen LogP contribution in [0.2, 0.25) is 0 Å². The maximum Gasteiger partial charge on any atom is 0.0945 e. The van der Waals surface area contributed by atoms with E-state index in [4.69, 9.17) is 0 Å². The molecule has 4 heteroatoms. The minimum absolute atomic E-state index is 0.198. The van der Waals surface area contributed by atoms with Crippen molar-refractivity contribution in [2.75, 3.05) is 5.75 Å². The summed E-state index contributed by atoms with van der Waals surface area (Å²) in [7, 11) is -4.00. The van der Waals surface area contributed by atoms with E-state index >= 15 is 0 Å². The normalized spacial score (nSPS) is 12.3. The van der Waals surface area contributed by atoms with Gasteiger partial charge in [0.2, 0.25) is 0 Å². The molecule has 0 aliphatic rings. The van der Waals surface area contributed by atoms with Gasteiger partial charge in [-0.3, -0.25) is 0 Å². The minimum atomic E-state index is -4.00. The minimum Gasteiger partial charge on any atom is -0.748 e. The van der Waals surface area contributed by atoms with Gasteiger partial charge in [0.25, 0.3) is 0 Å². The number of allylic oxidation sites excluding steroid dienone is 2. The lowest BCUT2D eigenvalue weighted by Crippen LogP contribution is -2.03. The lowest BCUT2D eigenvalue weighted by molar-refractivity contribution is 0.459. The number of rotatable bonds is 15. The lowest BCUT2D eigenvalue weighted by atomic mass is 10.1. The number of hydrogen-bond donors (Lipinski definition) is 0. The second kappa shape index (κ2) is 14.6. The Morgan fingerprint density at radius 1 is 0.714 bits per heavy atom. The fraction of sp³-hybridized carbons (Fsp3) is 0.882. The maximum absolute atomic E-state index is 10.4. The van der Waals surface area contributed by atoms with Gasteiger partial charge < -0.3 is 4.55 Å². The summed E-state index contributed by atoms with van der Waals surface area (Å²) >= 11 is 0. The van der Waals surface area contributed by atoms with Crippen LogP contribution in [-0.2, 0) is 10.1 Å². The van der Waals surface area contributed by atoms with E-state index < -0.39 is 10.1 Å². The van der Waals surface area contributed by atoms with E-state index in [-0.39, 0.29) is 5.75 Å². The molecule has 0 spiro atoms. The summed E-state index contributed by atoms with van der Waals surface area (Å²) < 4.78 is 31.2. The Labute approximate surface area is 132 Å². The summed E-state index contributed by atoms with van der Waals surface area (Å²) in [6, 6.07) is 0. The van der Waals surface area contributed by atoms with Crippen molar-refractivity contribution in [1.29, 1.82) is 0 Å². The largest absolute Gasteiger partial charge is 0.748 e. The smallest absolute Gasteiger partial charge is 0.0945 e. The monoisotopic (exact) mass is 317 g/mol. The van der Waals surface area contributed by atoms with E-state index in [1.165, 1.54) is 57.8 Å². The zero-order valence-electron chi connectivity index (χ0n) is 13.7. The molecule has 0 atom stereocenters. The van der Waals surface area contributed by atoms with Gasteiger partial charge in [-0.25, -0.2) is 8.42 Å². The van der Waals surface area contributed by atoms with E-state index in [2.05, 4.69) is 19.1 Å². The van der Waals surface area contributed by atoms with Crippen LogP contribution in [0.4, 0.5) is 0 Å². The summed E-state index contributed by atoms with van der Waals surface area (Å²) in [6.45, 7) is 2.24. The van der Waals surface area contributed by atoms with Crippen molar-refractivity contribution >= 4 is 10.1 Å². The fourth-order valence-electron chi connectivity index (χ4n) is 2.35. The molecule has 0 bridgehead atoms. The molecule has 126 valence electrons. The molecule has 0 saturated heterocycles. The van der Waals surface area contributed by atoms with Crippen LogP contribution >= 0.6 is 0 Å². The molecular formula is C17H33O3S-. The van der Waals surface area contributed by atoms with Crippen LogP contribution in [0.1, 0.15) is 90.4 Å². The van der Waals surface area contributed by atoms with Crippen molar-refractivity contribution < 1.29 is 13.0 Å². The Kier molecular flexibility index (Phi) is 14.3. The molecule has 0 fully saturated rings. The van der Waals surface area contributed by atoms with Crippen LogP contribution in [0.3, 0.4) is 0 Å². The van der Waals surface area contributed by atoms with Gasteiger partial charge in [-0.05, 0) is 32.1 Å². The standard InChI is InChI=1S/C17H34O3S/c1-2-3-4-5-6-7-8-9-10-11-12-13-14-15-16-17-21(18,19)20/h7-8H,2-6,9-17H2,1H3,(H,18,19,20)/p-1/b8-7-. The lowest BCUT2D eigenvalue weighted by Gasteiger charge is -2.05. The third-order valence-electron chi connectivity index (χ3n) is 3.66. The molecule has 0 aromatic rings. The molecule has 0 aromatic carbocycles. The first-order valence-electron chi connectivity index (χ1n) is 8.65. The van der Waals surface area contributed by atoms with Gasteiger partial charge in [0.15, 0.2) is 0 Å². The first-order valence-corrected chi connectivity index (χ1v) is 10.2. The zero-order valence-corrected chi connectivity index (χ0v) is 14.5. The summed E-state index contributed by atoms with van der Waals surface area (Å²) in [6.07, 6.45) is 19.7. The van der Waals surface area contributed by atoms with E-state index in [0.29, 0.717) is 6.42 Å². The van der Waals surface area contributed by atoms with Crippen LogP contribution in [0.5, 0.6) is 0 Å². The van der Waals surface area contributed by atoms with Gasteiger partial charge in [-0.1, -0.05) is 70.4 Å². The van der Waals surface area contributed by atoms with E-state index in [1.807, 2.05) is 0 Å². The highest BCUT2D eigenvalue weighted by Crippen LogP contribution is 2.10. The number of hydrogen-bond acceptors (Lipinski definition) is 3. The molecule has 0 unspecified atom stereocenters. The Bertz CT molecular complexity index is 334. The van der Waals surface area contributed by atoms with Crippen LogP contribution in [-0.4, -0.2) is 18.7 Å². The highest BCUT2D eigenvalue weighted by molar-refractivity contribution is 7.85. The third-order valence-corrected chi connectivity index (χ3v) is 4.44. The van der Waals surface area contributed by atoms with Gasteiger partial charge in [-0.2, -0.15) is 0 Å². The molecule has 0 radical (unpaired) electrons. The van der Waals surface area contributed by atoms with Crippen LogP contribution < -0.4 is 0 Å². The topological polar surface area (TPSA) is 57.2 Å². The van der Waals surface area contributed by atoms with Crippen molar-refractivity contribution in [3.8, 4) is 0 Å². The van der Waals surface area contributed by atoms with Gasteiger partial charge in [0.1, 0.15) is 0 Å². The van der Waals surface area contributed by atoms with E-state index in [0.717, 1.165) is 19.3 Å².